The normalized spacial score (nSPS) is 13.0. The van der Waals surface area contributed by atoms with Crippen LogP contribution in [0.2, 0.25) is 0 Å². The average Bonchev–Trinajstić information content (AvgIpc) is 2.37. The quantitative estimate of drug-likeness (QED) is 0.807. The Morgan fingerprint density at radius 2 is 2.00 bits per heavy atom. The Kier molecular flexibility index (Phi) is 6.33. The van der Waals surface area contributed by atoms with E-state index in [2.05, 4.69) is 37.8 Å². The number of likely N-dealkylation sites (N-methyl/N-ethyl adjacent to an activating group) is 1. The first-order valence-corrected chi connectivity index (χ1v) is 6.55. The number of benzene rings is 1. The van der Waals surface area contributed by atoms with Crippen LogP contribution < -0.4 is 0 Å². The van der Waals surface area contributed by atoms with Crippen LogP contribution in [-0.2, 0) is 4.74 Å². The first-order valence-electron chi connectivity index (χ1n) is 6.55. The fourth-order valence-electron chi connectivity index (χ4n) is 1.92. The zero-order valence-corrected chi connectivity index (χ0v) is 11.9. The largest absolute Gasteiger partial charge is 0.387 e. The number of hydrogen-bond donors (Lipinski definition) is 1. The molecule has 1 N–H and O–H groups in total. The molecular weight excluding hydrogens is 226 g/mol. The molecule has 0 spiro atoms. The predicted molar refractivity (Wildman–Crippen MR) is 74.9 cm³/mol. The van der Waals surface area contributed by atoms with Gasteiger partial charge in [-0.25, -0.2) is 0 Å². The van der Waals surface area contributed by atoms with Crippen molar-refractivity contribution >= 4 is 0 Å². The molecule has 0 aliphatic rings. The third kappa shape index (κ3) is 4.41. The van der Waals surface area contributed by atoms with E-state index in [9.17, 15) is 5.11 Å². The molecule has 0 aliphatic carbocycles. The molecule has 1 aromatic rings. The Balaban J connectivity index is 2.62. The van der Waals surface area contributed by atoms with Crippen LogP contribution in [0.5, 0.6) is 0 Å². The fourth-order valence-corrected chi connectivity index (χ4v) is 1.92. The number of aliphatic hydroxyl groups is 1. The van der Waals surface area contributed by atoms with Gasteiger partial charge in [-0.3, -0.25) is 4.90 Å². The first kappa shape index (κ1) is 15.2. The zero-order valence-electron chi connectivity index (χ0n) is 11.9. The minimum Gasteiger partial charge on any atom is -0.387 e. The van der Waals surface area contributed by atoms with Crippen LogP contribution >= 0.6 is 0 Å². The van der Waals surface area contributed by atoms with Crippen molar-refractivity contribution in [1.29, 1.82) is 0 Å². The molecule has 0 aliphatic heterocycles. The van der Waals surface area contributed by atoms with Gasteiger partial charge in [-0.2, -0.15) is 0 Å². The molecule has 102 valence electrons. The van der Waals surface area contributed by atoms with Crippen LogP contribution in [0.1, 0.15) is 29.7 Å². The summed E-state index contributed by atoms with van der Waals surface area (Å²) in [5, 5.41) is 10.3. The predicted octanol–water partition coefficient (Wildman–Crippen LogP) is 2.31. The summed E-state index contributed by atoms with van der Waals surface area (Å²) in [6.07, 6.45) is -0.430. The maximum atomic E-state index is 10.3. The Labute approximate surface area is 110 Å². The highest BCUT2D eigenvalue weighted by Crippen LogP contribution is 2.18. The van der Waals surface area contributed by atoms with Gasteiger partial charge in [-0.15, -0.1) is 0 Å². The van der Waals surface area contributed by atoms with E-state index in [0.29, 0.717) is 13.2 Å². The molecule has 3 nitrogen and oxygen atoms in total. The van der Waals surface area contributed by atoms with E-state index < -0.39 is 6.10 Å². The highest BCUT2D eigenvalue weighted by atomic mass is 16.5. The van der Waals surface area contributed by atoms with Gasteiger partial charge < -0.3 is 9.84 Å². The molecular formula is C15H25NO2. The maximum Gasteiger partial charge on any atom is 0.0917 e. The smallest absolute Gasteiger partial charge is 0.0917 e. The summed E-state index contributed by atoms with van der Waals surface area (Å²) in [5.41, 5.74) is 3.48. The molecule has 1 aromatic carbocycles. The maximum absolute atomic E-state index is 10.3. The summed E-state index contributed by atoms with van der Waals surface area (Å²) in [6.45, 7) is 9.40. The van der Waals surface area contributed by atoms with Gasteiger partial charge >= 0.3 is 0 Å². The van der Waals surface area contributed by atoms with E-state index in [1.54, 1.807) is 7.11 Å². The molecule has 3 heteroatoms. The van der Waals surface area contributed by atoms with Gasteiger partial charge in [0, 0.05) is 20.2 Å². The Bertz CT molecular complexity index is 366. The molecule has 0 amide bonds. The van der Waals surface area contributed by atoms with Gasteiger partial charge in [0.1, 0.15) is 0 Å². The Morgan fingerprint density at radius 1 is 1.28 bits per heavy atom. The number of ether oxygens (including phenoxy) is 1. The van der Waals surface area contributed by atoms with Gasteiger partial charge in [0.15, 0.2) is 0 Å². The number of aryl methyl sites for hydroxylation is 2. The van der Waals surface area contributed by atoms with Gasteiger partial charge in [-0.1, -0.05) is 25.1 Å². The summed E-state index contributed by atoms with van der Waals surface area (Å²) >= 11 is 0. The molecule has 0 saturated carbocycles. The van der Waals surface area contributed by atoms with Crippen LogP contribution in [0.4, 0.5) is 0 Å². The highest BCUT2D eigenvalue weighted by molar-refractivity contribution is 5.31. The zero-order chi connectivity index (χ0) is 13.5. The lowest BCUT2D eigenvalue weighted by Crippen LogP contribution is -2.31. The number of hydrogen-bond acceptors (Lipinski definition) is 3. The lowest BCUT2D eigenvalue weighted by atomic mass is 10.0. The van der Waals surface area contributed by atoms with E-state index in [4.69, 9.17) is 4.74 Å². The molecule has 0 aromatic heterocycles. The minimum absolute atomic E-state index is 0.430. The van der Waals surface area contributed by atoms with Gasteiger partial charge in [-0.05, 0) is 37.1 Å². The molecule has 0 bridgehead atoms. The molecule has 1 unspecified atom stereocenters. The van der Waals surface area contributed by atoms with Crippen molar-refractivity contribution in [2.24, 2.45) is 0 Å². The van der Waals surface area contributed by atoms with Gasteiger partial charge in [0.25, 0.3) is 0 Å². The van der Waals surface area contributed by atoms with Crippen LogP contribution in [0.3, 0.4) is 0 Å². The third-order valence-electron chi connectivity index (χ3n) is 3.41. The standard InChI is InChI=1S/C15H25NO2/c1-5-16(8-9-18-4)11-15(17)14-7-6-12(2)13(3)10-14/h6-7,10,15,17H,5,8-9,11H2,1-4H3. The second-order valence-electron chi connectivity index (χ2n) is 4.75. The van der Waals surface area contributed by atoms with E-state index >= 15 is 0 Å². The Hall–Kier alpha value is -0.900. The second kappa shape index (κ2) is 7.52. The average molecular weight is 251 g/mol. The second-order valence-corrected chi connectivity index (χ2v) is 4.75. The number of aliphatic hydroxyl groups excluding tert-OH is 1. The lowest BCUT2D eigenvalue weighted by Gasteiger charge is -2.23. The topological polar surface area (TPSA) is 32.7 Å². The molecule has 1 atom stereocenters. The summed E-state index contributed by atoms with van der Waals surface area (Å²) in [5.74, 6) is 0. The van der Waals surface area contributed by atoms with Gasteiger partial charge in [0.2, 0.25) is 0 Å². The number of rotatable bonds is 7. The number of methoxy groups -OCH3 is 1. The van der Waals surface area contributed by atoms with E-state index in [1.165, 1.54) is 11.1 Å². The van der Waals surface area contributed by atoms with Crippen LogP contribution in [0, 0.1) is 13.8 Å². The fraction of sp³-hybridized carbons (Fsp3) is 0.600. The van der Waals surface area contributed by atoms with Crippen LogP contribution in [-0.4, -0.2) is 43.4 Å². The first-order chi connectivity index (χ1) is 8.58. The SMILES string of the molecule is CCN(CCOC)CC(O)c1ccc(C)c(C)c1. The molecule has 0 heterocycles. The van der Waals surface area contributed by atoms with Gasteiger partial charge in [0.05, 0.1) is 12.7 Å². The summed E-state index contributed by atoms with van der Waals surface area (Å²) in [6, 6.07) is 6.15. The molecule has 0 saturated heterocycles. The van der Waals surface area contributed by atoms with Crippen molar-refractivity contribution in [3.05, 3.63) is 34.9 Å². The molecule has 18 heavy (non-hydrogen) atoms. The van der Waals surface area contributed by atoms with Crippen molar-refractivity contribution in [3.8, 4) is 0 Å². The molecule has 1 rings (SSSR count). The lowest BCUT2D eigenvalue weighted by molar-refractivity contribution is 0.0920. The van der Waals surface area contributed by atoms with Crippen molar-refractivity contribution in [1.82, 2.24) is 4.90 Å². The van der Waals surface area contributed by atoms with Crippen molar-refractivity contribution in [2.45, 2.75) is 26.9 Å². The van der Waals surface area contributed by atoms with E-state index in [1.807, 2.05) is 6.07 Å². The molecule has 0 radical (unpaired) electrons. The van der Waals surface area contributed by atoms with Crippen molar-refractivity contribution in [3.63, 3.8) is 0 Å². The molecule has 0 fully saturated rings. The summed E-state index contributed by atoms with van der Waals surface area (Å²) in [4.78, 5) is 2.20. The van der Waals surface area contributed by atoms with Crippen LogP contribution in [0.25, 0.3) is 0 Å². The Morgan fingerprint density at radius 3 is 2.56 bits per heavy atom. The summed E-state index contributed by atoms with van der Waals surface area (Å²) in [7, 11) is 1.70. The third-order valence-corrected chi connectivity index (χ3v) is 3.41. The van der Waals surface area contributed by atoms with Crippen molar-refractivity contribution in [2.75, 3.05) is 33.4 Å². The van der Waals surface area contributed by atoms with Crippen LogP contribution in [0.15, 0.2) is 18.2 Å². The number of nitrogens with zero attached hydrogens (tertiary/aromatic N) is 1. The van der Waals surface area contributed by atoms with E-state index in [-0.39, 0.29) is 0 Å². The highest BCUT2D eigenvalue weighted by Gasteiger charge is 2.12. The monoisotopic (exact) mass is 251 g/mol. The van der Waals surface area contributed by atoms with Crippen molar-refractivity contribution < 1.29 is 9.84 Å². The summed E-state index contributed by atoms with van der Waals surface area (Å²) < 4.78 is 5.07. The minimum atomic E-state index is -0.430. The van der Waals surface area contributed by atoms with E-state index in [0.717, 1.165) is 18.7 Å².